The van der Waals surface area contributed by atoms with Crippen LogP contribution in [0.4, 0.5) is 11.4 Å². The fraction of sp³-hybridized carbons (Fsp3) is 0.0667. The second kappa shape index (κ2) is 12.9. The first-order valence-electron chi connectivity index (χ1n) is 28.3. The Morgan fingerprint density at radius 3 is 1.57 bits per heavy atom. The standard InChI is InChI=1S/C75H42N4O/c1-75(2)67-41(29-33-57-63(67)49-21-7-17-43-37-13-3-5-25-53(37)76(57)69(43)49)42-30-34-58-64(68(42)75)50-22-9-19-47-61-39(15-11-27-55(61)78(58)71(47)50)40-16-12-28-56-62(40)48-20-10-24-52-66-60(79(56)72(48)52)36-32-46-45-31-35-59-65(73(45)80-74(46)66)51-23-8-18-44-38-14-4-6-26-54(38)77(59)70(44)51/h3-36,47,71H,1-2H3. The van der Waals surface area contributed by atoms with E-state index in [-0.39, 0.29) is 17.4 Å². The summed E-state index contributed by atoms with van der Waals surface area (Å²) in [5, 5.41) is 17.7. The first-order chi connectivity index (χ1) is 39.5. The molecule has 0 bridgehead atoms. The van der Waals surface area contributed by atoms with Gasteiger partial charge in [0.2, 0.25) is 0 Å². The number of benzene rings is 11. The highest BCUT2D eigenvalue weighted by Gasteiger charge is 2.52. The van der Waals surface area contributed by atoms with E-state index in [0.29, 0.717) is 0 Å². The molecule has 2 unspecified atom stereocenters. The van der Waals surface area contributed by atoms with Gasteiger partial charge in [0, 0.05) is 92.9 Å². The third-order valence-electron chi connectivity index (χ3n) is 20.5. The lowest BCUT2D eigenvalue weighted by molar-refractivity contribution is 0.665. The number of aromatic nitrogens is 3. The van der Waals surface area contributed by atoms with Crippen LogP contribution in [0.5, 0.6) is 0 Å². The summed E-state index contributed by atoms with van der Waals surface area (Å²) in [4.78, 5) is 2.71. The lowest BCUT2D eigenvalue weighted by Crippen LogP contribution is -2.26. The maximum Gasteiger partial charge on any atom is 0.145 e. The molecule has 7 aromatic heterocycles. The lowest BCUT2D eigenvalue weighted by Gasteiger charge is -2.27. The molecule has 80 heavy (non-hydrogen) atoms. The van der Waals surface area contributed by atoms with Crippen molar-refractivity contribution in [2.45, 2.75) is 31.2 Å². The zero-order valence-electron chi connectivity index (χ0n) is 43.5. The molecule has 0 radical (unpaired) electrons. The smallest absolute Gasteiger partial charge is 0.145 e. The molecule has 2 aliphatic carbocycles. The van der Waals surface area contributed by atoms with Gasteiger partial charge >= 0.3 is 0 Å². The lowest BCUT2D eigenvalue weighted by atomic mass is 9.75. The SMILES string of the molecule is CC1(C)c2c(ccc3c2C2=CC=CC4c5c(-c6cccc7c6c6cccc8c9c%10oc%11c(ccc%12c%11c%11cccc%13c%14ccccc%14n%12c%13%11)c%10ccc9n7c68)cccc5N3C24)-c2ccc3c(c21)c1cccc2c4ccccc4n3c21. The van der Waals surface area contributed by atoms with Gasteiger partial charge in [-0.2, -0.15) is 0 Å². The van der Waals surface area contributed by atoms with Crippen LogP contribution >= 0.6 is 0 Å². The predicted molar refractivity (Wildman–Crippen MR) is 333 cm³/mol. The fourth-order valence-electron chi connectivity index (χ4n) is 17.8. The number of furan rings is 1. The summed E-state index contributed by atoms with van der Waals surface area (Å²) in [6.07, 6.45) is 7.30. The van der Waals surface area contributed by atoms with Gasteiger partial charge in [-0.25, -0.2) is 0 Å². The maximum absolute atomic E-state index is 7.33. The molecular weight excluding hydrogens is 973 g/mol. The third-order valence-corrected chi connectivity index (χ3v) is 20.5. The maximum atomic E-state index is 7.33. The van der Waals surface area contributed by atoms with Crippen molar-refractivity contribution in [2.24, 2.45) is 0 Å². The number of nitrogens with zero attached hydrogens (tertiary/aromatic N) is 4. The average Bonchev–Trinajstić information content (AvgIpc) is 3.25. The highest BCUT2D eigenvalue weighted by molar-refractivity contribution is 6.35. The highest BCUT2D eigenvalue weighted by atomic mass is 16.3. The van der Waals surface area contributed by atoms with E-state index in [1.54, 1.807) is 0 Å². The van der Waals surface area contributed by atoms with Gasteiger partial charge in [0.15, 0.2) is 0 Å². The van der Waals surface area contributed by atoms with Crippen molar-refractivity contribution in [2.75, 3.05) is 4.90 Å². The Hall–Kier alpha value is -10.1. The third kappa shape index (κ3) is 4.11. The van der Waals surface area contributed by atoms with E-state index in [4.69, 9.17) is 4.42 Å². The minimum atomic E-state index is -0.244. The van der Waals surface area contributed by atoms with Crippen LogP contribution in [0.15, 0.2) is 211 Å². The molecular formula is C75H42N4O. The number of anilines is 2. The summed E-state index contributed by atoms with van der Waals surface area (Å²) >= 11 is 0. The van der Waals surface area contributed by atoms with Crippen LogP contribution < -0.4 is 4.90 Å². The fourth-order valence-corrected chi connectivity index (χ4v) is 17.8. The Labute approximate surface area is 455 Å². The van der Waals surface area contributed by atoms with Gasteiger partial charge in [0.25, 0.3) is 0 Å². The van der Waals surface area contributed by atoms with Gasteiger partial charge in [0.05, 0.1) is 66.5 Å². The van der Waals surface area contributed by atoms with Crippen LogP contribution in [-0.4, -0.2) is 19.2 Å². The quantitative estimate of drug-likeness (QED) is 0.164. The summed E-state index contributed by atoms with van der Waals surface area (Å²) in [5.74, 6) is 0.183. The molecule has 2 atom stereocenters. The summed E-state index contributed by atoms with van der Waals surface area (Å²) in [7, 11) is 0. The summed E-state index contributed by atoms with van der Waals surface area (Å²) in [5.41, 5.74) is 28.1. The van der Waals surface area contributed by atoms with Gasteiger partial charge in [0.1, 0.15) is 11.2 Å². The highest BCUT2D eigenvalue weighted by Crippen LogP contribution is 2.65. The molecule has 11 aromatic carbocycles. The summed E-state index contributed by atoms with van der Waals surface area (Å²) < 4.78 is 14.8. The van der Waals surface area contributed by atoms with Crippen molar-refractivity contribution in [3.8, 4) is 22.3 Å². The van der Waals surface area contributed by atoms with E-state index in [0.717, 1.165) is 21.9 Å². The normalized spacial score (nSPS) is 17.2. The van der Waals surface area contributed by atoms with Gasteiger partial charge in [-0.15, -0.1) is 0 Å². The van der Waals surface area contributed by atoms with Crippen molar-refractivity contribution < 1.29 is 4.42 Å². The van der Waals surface area contributed by atoms with Crippen LogP contribution in [0.2, 0.25) is 0 Å². The van der Waals surface area contributed by atoms with Crippen LogP contribution in [0, 0.1) is 0 Å². The van der Waals surface area contributed by atoms with Crippen LogP contribution in [0.25, 0.3) is 164 Å². The molecule has 0 amide bonds. The Balaban J connectivity index is 0.729. The summed E-state index contributed by atoms with van der Waals surface area (Å²) in [6.45, 7) is 4.99. The molecule has 4 aliphatic rings. The molecule has 5 heteroatoms. The molecule has 0 N–H and O–H groups in total. The van der Waals surface area contributed by atoms with Crippen molar-refractivity contribution in [3.05, 3.63) is 229 Å². The van der Waals surface area contributed by atoms with E-state index in [1.807, 2.05) is 0 Å². The topological polar surface area (TPSA) is 29.6 Å². The largest absolute Gasteiger partial charge is 0.455 e. The zero-order chi connectivity index (χ0) is 51.5. The van der Waals surface area contributed by atoms with Gasteiger partial charge in [-0.3, -0.25) is 0 Å². The number of fused-ring (bicyclic) bond motifs is 34. The van der Waals surface area contributed by atoms with Gasteiger partial charge < -0.3 is 22.5 Å². The van der Waals surface area contributed by atoms with Crippen molar-refractivity contribution in [1.29, 1.82) is 0 Å². The first kappa shape index (κ1) is 40.2. The molecule has 5 nitrogen and oxygen atoms in total. The molecule has 368 valence electrons. The molecule has 0 saturated carbocycles. The molecule has 0 fully saturated rings. The van der Waals surface area contributed by atoms with Crippen LogP contribution in [0.1, 0.15) is 42.0 Å². The monoisotopic (exact) mass is 1010 g/mol. The zero-order valence-corrected chi connectivity index (χ0v) is 43.5. The van der Waals surface area contributed by atoms with Crippen LogP contribution in [-0.2, 0) is 5.41 Å². The first-order valence-corrected chi connectivity index (χ1v) is 28.3. The van der Waals surface area contributed by atoms with Crippen molar-refractivity contribution in [1.82, 2.24) is 13.2 Å². The Kier molecular flexibility index (Phi) is 6.48. The number of para-hydroxylation sites is 5. The number of allylic oxidation sites excluding steroid dienone is 2. The predicted octanol–water partition coefficient (Wildman–Crippen LogP) is 19.6. The van der Waals surface area contributed by atoms with E-state index < -0.39 is 0 Å². The van der Waals surface area contributed by atoms with E-state index in [2.05, 4.69) is 238 Å². The van der Waals surface area contributed by atoms with Gasteiger partial charge in [-0.05, 0) is 105 Å². The number of rotatable bonds is 1. The van der Waals surface area contributed by atoms with Crippen LogP contribution in [0.3, 0.4) is 0 Å². The average molecular weight is 1020 g/mol. The minimum absolute atomic E-state index is 0.173. The Morgan fingerprint density at radius 1 is 0.375 bits per heavy atom. The molecule has 2 aliphatic heterocycles. The molecule has 0 spiro atoms. The second-order valence-corrected chi connectivity index (χ2v) is 24.1. The van der Waals surface area contributed by atoms with E-state index >= 15 is 0 Å². The molecule has 9 heterocycles. The Bertz CT molecular complexity index is 6090. The van der Waals surface area contributed by atoms with Crippen molar-refractivity contribution >= 4 is 153 Å². The summed E-state index contributed by atoms with van der Waals surface area (Å²) in [6, 6.07) is 71.6. The minimum Gasteiger partial charge on any atom is -0.455 e. The van der Waals surface area contributed by atoms with E-state index in [1.165, 1.54) is 176 Å². The molecule has 18 aromatic rings. The van der Waals surface area contributed by atoms with E-state index in [9.17, 15) is 0 Å². The molecule has 22 rings (SSSR count). The Morgan fingerprint density at radius 2 is 0.875 bits per heavy atom. The van der Waals surface area contributed by atoms with Crippen molar-refractivity contribution in [3.63, 3.8) is 0 Å². The molecule has 0 saturated heterocycles. The number of hydrogen-bond donors (Lipinski definition) is 0. The van der Waals surface area contributed by atoms with Gasteiger partial charge in [-0.1, -0.05) is 159 Å². The number of hydrogen-bond acceptors (Lipinski definition) is 2. The second-order valence-electron chi connectivity index (χ2n) is 24.1.